The molecule has 2 aliphatic rings. The van der Waals surface area contributed by atoms with Crippen LogP contribution in [0.25, 0.3) is 0 Å². The van der Waals surface area contributed by atoms with Gasteiger partial charge in [0.2, 0.25) is 23.6 Å². The molecular weight excluding hydrogens is 452 g/mol. The van der Waals surface area contributed by atoms with E-state index in [1.54, 1.807) is 4.90 Å². The molecule has 0 spiro atoms. The Balaban J connectivity index is 1.36. The largest absolute Gasteiger partial charge is 0.368 e. The molecule has 34 heavy (non-hydrogen) atoms. The van der Waals surface area contributed by atoms with Crippen molar-refractivity contribution in [2.45, 2.75) is 74.8 Å². The summed E-state index contributed by atoms with van der Waals surface area (Å²) in [6.07, 6.45) is 9.68. The number of benzene rings is 1. The molecule has 3 atom stereocenters. The Morgan fingerprint density at radius 3 is 2.68 bits per heavy atom. The maximum atomic E-state index is 12.7. The number of thiol groups is 1. The van der Waals surface area contributed by atoms with E-state index in [-0.39, 0.29) is 23.6 Å². The summed E-state index contributed by atoms with van der Waals surface area (Å²) < 4.78 is 0. The standard InChI is InChI=1S/C25H34N4O4S/c1-17(30)29-15-9-12-20(29)23(32)28-25(24(26)33)16-18(25)10-5-3-2-4-6-14-22(31)27-19-11-7-8-13-21(19)34/h5,7-8,10-11,13,18,20,34H,2-4,6,9,12,14-16H2,1H3,(H2,26,33)(H,27,31)(H,28,32)/b10-5+. The number of unbranched alkanes of at least 4 members (excludes halogenated alkanes) is 3. The SMILES string of the molecule is CC(=O)N1CCCC1C(=O)NC1(C(N)=O)CC1/C=C/CCCCCC(=O)Nc1ccccc1S. The van der Waals surface area contributed by atoms with Crippen molar-refractivity contribution in [1.29, 1.82) is 0 Å². The predicted molar refractivity (Wildman–Crippen MR) is 133 cm³/mol. The molecule has 1 aliphatic heterocycles. The highest BCUT2D eigenvalue weighted by molar-refractivity contribution is 7.80. The number of anilines is 1. The molecule has 0 radical (unpaired) electrons. The number of hydrogen-bond acceptors (Lipinski definition) is 5. The molecule has 3 unspecified atom stereocenters. The summed E-state index contributed by atoms with van der Waals surface area (Å²) in [5.74, 6) is -1.14. The zero-order valence-corrected chi connectivity index (χ0v) is 20.5. The van der Waals surface area contributed by atoms with Crippen LogP contribution in [-0.4, -0.2) is 46.7 Å². The van der Waals surface area contributed by atoms with Gasteiger partial charge in [-0.05, 0) is 50.7 Å². The van der Waals surface area contributed by atoms with Crippen molar-refractivity contribution in [3.05, 3.63) is 36.4 Å². The van der Waals surface area contributed by atoms with Crippen LogP contribution >= 0.6 is 12.6 Å². The summed E-state index contributed by atoms with van der Waals surface area (Å²) in [7, 11) is 0. The zero-order chi connectivity index (χ0) is 24.7. The summed E-state index contributed by atoms with van der Waals surface area (Å²) in [6, 6.07) is 6.85. The molecule has 9 heteroatoms. The van der Waals surface area contributed by atoms with Gasteiger partial charge in [-0.15, -0.1) is 12.6 Å². The predicted octanol–water partition coefficient (Wildman–Crippen LogP) is 2.79. The molecule has 4 N–H and O–H groups in total. The summed E-state index contributed by atoms with van der Waals surface area (Å²) >= 11 is 4.33. The number of primary amides is 1. The number of nitrogens with two attached hydrogens (primary N) is 1. The lowest BCUT2D eigenvalue weighted by Gasteiger charge is -2.25. The molecular formula is C25H34N4O4S. The number of amides is 4. The normalized spacial score (nSPS) is 23.6. The van der Waals surface area contributed by atoms with Gasteiger partial charge in [0.05, 0.1) is 5.69 Å². The van der Waals surface area contributed by atoms with Gasteiger partial charge in [-0.2, -0.15) is 0 Å². The smallest absolute Gasteiger partial charge is 0.243 e. The van der Waals surface area contributed by atoms with E-state index in [2.05, 4.69) is 23.3 Å². The van der Waals surface area contributed by atoms with Crippen molar-refractivity contribution < 1.29 is 19.2 Å². The maximum Gasteiger partial charge on any atom is 0.243 e. The Morgan fingerprint density at radius 2 is 1.97 bits per heavy atom. The third kappa shape index (κ3) is 6.40. The quantitative estimate of drug-likeness (QED) is 0.218. The minimum atomic E-state index is -1.06. The number of allylic oxidation sites excluding steroid dienone is 1. The summed E-state index contributed by atoms with van der Waals surface area (Å²) in [5, 5.41) is 5.70. The third-order valence-electron chi connectivity index (χ3n) is 6.58. The van der Waals surface area contributed by atoms with Gasteiger partial charge in [0.15, 0.2) is 0 Å². The lowest BCUT2D eigenvalue weighted by atomic mass is 10.1. The van der Waals surface area contributed by atoms with Gasteiger partial charge >= 0.3 is 0 Å². The van der Waals surface area contributed by atoms with E-state index in [4.69, 9.17) is 5.73 Å². The van der Waals surface area contributed by atoms with E-state index in [1.807, 2.05) is 36.4 Å². The van der Waals surface area contributed by atoms with Gasteiger partial charge < -0.3 is 21.3 Å². The third-order valence-corrected chi connectivity index (χ3v) is 6.97. The number of carbonyl (C=O) groups excluding carboxylic acids is 4. The van der Waals surface area contributed by atoms with Crippen LogP contribution in [0.3, 0.4) is 0 Å². The highest BCUT2D eigenvalue weighted by Crippen LogP contribution is 2.44. The molecule has 8 nitrogen and oxygen atoms in total. The lowest BCUT2D eigenvalue weighted by molar-refractivity contribution is -0.138. The van der Waals surface area contributed by atoms with Crippen molar-refractivity contribution in [3.63, 3.8) is 0 Å². The number of carbonyl (C=O) groups is 4. The van der Waals surface area contributed by atoms with E-state index >= 15 is 0 Å². The molecule has 1 aromatic rings. The van der Waals surface area contributed by atoms with Crippen LogP contribution in [0.1, 0.15) is 58.3 Å². The van der Waals surface area contributed by atoms with Crippen molar-refractivity contribution in [2.24, 2.45) is 11.7 Å². The highest BCUT2D eigenvalue weighted by atomic mass is 32.1. The Hall–Kier alpha value is -2.81. The van der Waals surface area contributed by atoms with Crippen molar-refractivity contribution >= 4 is 41.9 Å². The Morgan fingerprint density at radius 1 is 1.21 bits per heavy atom. The second-order valence-electron chi connectivity index (χ2n) is 9.10. The van der Waals surface area contributed by atoms with E-state index < -0.39 is 17.5 Å². The minimum Gasteiger partial charge on any atom is -0.368 e. The first-order valence-electron chi connectivity index (χ1n) is 11.9. The molecule has 184 valence electrons. The van der Waals surface area contributed by atoms with Gasteiger partial charge in [0, 0.05) is 30.7 Å². The first-order valence-corrected chi connectivity index (χ1v) is 12.3. The Labute approximate surface area is 206 Å². The van der Waals surface area contributed by atoms with Crippen LogP contribution < -0.4 is 16.4 Å². The number of nitrogens with zero attached hydrogens (tertiary/aromatic N) is 1. The second-order valence-corrected chi connectivity index (χ2v) is 9.58. The van der Waals surface area contributed by atoms with E-state index in [9.17, 15) is 19.2 Å². The summed E-state index contributed by atoms with van der Waals surface area (Å²) in [5.41, 5.74) is 5.28. The molecule has 0 bridgehead atoms. The fourth-order valence-electron chi connectivity index (χ4n) is 4.51. The minimum absolute atomic E-state index is 0.0254. The maximum absolute atomic E-state index is 12.7. The van der Waals surface area contributed by atoms with Crippen molar-refractivity contribution in [3.8, 4) is 0 Å². The Kier molecular flexibility index (Phi) is 8.77. The average molecular weight is 487 g/mol. The Bertz CT molecular complexity index is 966. The van der Waals surface area contributed by atoms with Gasteiger partial charge in [0.1, 0.15) is 11.6 Å². The lowest BCUT2D eigenvalue weighted by Crippen LogP contribution is -2.54. The molecule has 1 heterocycles. The van der Waals surface area contributed by atoms with Crippen LogP contribution in [0.5, 0.6) is 0 Å². The molecule has 1 aromatic carbocycles. The zero-order valence-electron chi connectivity index (χ0n) is 19.6. The highest BCUT2D eigenvalue weighted by Gasteiger charge is 2.59. The molecule has 1 saturated carbocycles. The fraction of sp³-hybridized carbons (Fsp3) is 0.520. The first-order chi connectivity index (χ1) is 16.2. The van der Waals surface area contributed by atoms with Crippen molar-refractivity contribution in [2.75, 3.05) is 11.9 Å². The monoisotopic (exact) mass is 486 g/mol. The van der Waals surface area contributed by atoms with Gasteiger partial charge in [-0.25, -0.2) is 0 Å². The van der Waals surface area contributed by atoms with E-state index in [0.29, 0.717) is 25.8 Å². The van der Waals surface area contributed by atoms with E-state index in [0.717, 1.165) is 42.7 Å². The van der Waals surface area contributed by atoms with Crippen LogP contribution in [-0.2, 0) is 19.2 Å². The molecule has 1 aliphatic carbocycles. The number of nitrogens with one attached hydrogen (secondary N) is 2. The first kappa shape index (κ1) is 25.8. The topological polar surface area (TPSA) is 122 Å². The van der Waals surface area contributed by atoms with Crippen LogP contribution in [0, 0.1) is 5.92 Å². The number of rotatable bonds is 11. The summed E-state index contributed by atoms with van der Waals surface area (Å²) in [4.78, 5) is 50.9. The van der Waals surface area contributed by atoms with Crippen LogP contribution in [0.2, 0.25) is 0 Å². The van der Waals surface area contributed by atoms with Gasteiger partial charge in [-0.1, -0.05) is 30.7 Å². The van der Waals surface area contributed by atoms with Crippen LogP contribution in [0.4, 0.5) is 5.69 Å². The second kappa shape index (κ2) is 11.6. The molecule has 2 fully saturated rings. The molecule has 4 amide bonds. The average Bonchev–Trinajstić information content (AvgIpc) is 3.25. The summed E-state index contributed by atoms with van der Waals surface area (Å²) in [6.45, 7) is 2.01. The van der Waals surface area contributed by atoms with Crippen molar-refractivity contribution in [1.82, 2.24) is 10.2 Å². The molecule has 0 aromatic heterocycles. The number of likely N-dealkylation sites (tertiary alicyclic amines) is 1. The number of hydrogen-bond donors (Lipinski definition) is 4. The molecule has 1 saturated heterocycles. The van der Waals surface area contributed by atoms with Crippen LogP contribution in [0.15, 0.2) is 41.3 Å². The number of para-hydroxylation sites is 1. The van der Waals surface area contributed by atoms with Gasteiger partial charge in [0.25, 0.3) is 0 Å². The fourth-order valence-corrected chi connectivity index (χ4v) is 4.72. The molecule has 3 rings (SSSR count). The van der Waals surface area contributed by atoms with E-state index in [1.165, 1.54) is 6.92 Å². The van der Waals surface area contributed by atoms with Gasteiger partial charge in [-0.3, -0.25) is 19.2 Å².